The summed E-state index contributed by atoms with van der Waals surface area (Å²) < 4.78 is 11.6. The topological polar surface area (TPSA) is 31.4 Å². The molecule has 2 aromatic rings. The summed E-state index contributed by atoms with van der Waals surface area (Å²) in [5.74, 6) is 2.34. The van der Waals surface area contributed by atoms with Gasteiger partial charge >= 0.3 is 0 Å². The second-order valence-corrected chi connectivity index (χ2v) is 6.99. The highest BCUT2D eigenvalue weighted by Gasteiger charge is 2.03. The van der Waals surface area contributed by atoms with Crippen molar-refractivity contribution in [2.24, 2.45) is 5.92 Å². The number of hydrogen-bond acceptors (Lipinski definition) is 3. The van der Waals surface area contributed by atoms with Crippen LogP contribution in [-0.4, -0.2) is 18.2 Å². The van der Waals surface area contributed by atoms with Gasteiger partial charge in [-0.05, 0) is 48.7 Å². The minimum atomic E-state index is 0.579. The minimum Gasteiger partial charge on any atom is -0.493 e. The number of pyridine rings is 1. The predicted octanol–water partition coefficient (Wildman–Crippen LogP) is 6.52. The molecule has 0 saturated carbocycles. The summed E-state index contributed by atoms with van der Waals surface area (Å²) in [6.45, 7) is 8.15. The van der Waals surface area contributed by atoms with Crippen LogP contribution in [0, 0.1) is 5.92 Å². The van der Waals surface area contributed by atoms with Crippen molar-refractivity contribution in [2.45, 2.75) is 59.3 Å². The van der Waals surface area contributed by atoms with Gasteiger partial charge in [-0.1, -0.05) is 52.9 Å². The lowest BCUT2D eigenvalue weighted by Crippen LogP contribution is -2.06. The molecule has 1 aromatic heterocycles. The number of hydrogen-bond donors (Lipinski definition) is 0. The first-order valence-corrected chi connectivity index (χ1v) is 10.0. The summed E-state index contributed by atoms with van der Waals surface area (Å²) in [6, 6.07) is 12.2. The van der Waals surface area contributed by atoms with Crippen LogP contribution in [0.25, 0.3) is 11.3 Å². The van der Waals surface area contributed by atoms with E-state index in [1.54, 1.807) is 0 Å². The molecule has 0 aliphatic carbocycles. The van der Waals surface area contributed by atoms with Crippen LogP contribution in [0.1, 0.15) is 59.3 Å². The Morgan fingerprint density at radius 1 is 0.846 bits per heavy atom. The average Bonchev–Trinajstić information content (AvgIpc) is 2.69. The average molecular weight is 356 g/mol. The van der Waals surface area contributed by atoms with E-state index in [-0.39, 0.29) is 0 Å². The molecule has 1 atom stereocenters. The van der Waals surface area contributed by atoms with E-state index < -0.39 is 0 Å². The summed E-state index contributed by atoms with van der Waals surface area (Å²) in [5.41, 5.74) is 2.04. The molecule has 0 spiro atoms. The SMILES string of the molecule is CCCCCCCOc1ccc(-c2ccc(OCC(C)CC)cc2)nc1. The van der Waals surface area contributed by atoms with Gasteiger partial charge in [0.05, 0.1) is 25.1 Å². The summed E-state index contributed by atoms with van der Waals surface area (Å²) >= 11 is 0. The Balaban J connectivity index is 1.80. The molecule has 1 aromatic carbocycles. The molecule has 0 bridgehead atoms. The van der Waals surface area contributed by atoms with Crippen LogP contribution in [0.2, 0.25) is 0 Å². The Morgan fingerprint density at radius 2 is 1.58 bits per heavy atom. The van der Waals surface area contributed by atoms with Gasteiger partial charge in [0, 0.05) is 5.56 Å². The van der Waals surface area contributed by atoms with Gasteiger partial charge in [0.1, 0.15) is 11.5 Å². The quantitative estimate of drug-likeness (QED) is 0.406. The summed E-state index contributed by atoms with van der Waals surface area (Å²) in [7, 11) is 0. The molecule has 142 valence electrons. The van der Waals surface area contributed by atoms with E-state index >= 15 is 0 Å². The van der Waals surface area contributed by atoms with Crippen LogP contribution in [0.15, 0.2) is 42.6 Å². The number of nitrogens with zero attached hydrogens (tertiary/aromatic N) is 1. The maximum Gasteiger partial charge on any atom is 0.137 e. The third-order valence-corrected chi connectivity index (χ3v) is 4.63. The lowest BCUT2D eigenvalue weighted by Gasteiger charge is -2.11. The molecule has 2 rings (SSSR count). The summed E-state index contributed by atoms with van der Waals surface area (Å²) in [4.78, 5) is 4.53. The van der Waals surface area contributed by atoms with Gasteiger partial charge in [0.25, 0.3) is 0 Å². The summed E-state index contributed by atoms with van der Waals surface area (Å²) in [6.07, 6.45) is 9.19. The third-order valence-electron chi connectivity index (χ3n) is 4.63. The molecule has 26 heavy (non-hydrogen) atoms. The molecule has 3 heteroatoms. The van der Waals surface area contributed by atoms with Crippen molar-refractivity contribution in [1.29, 1.82) is 0 Å². The van der Waals surface area contributed by atoms with Crippen LogP contribution < -0.4 is 9.47 Å². The Labute approximate surface area is 158 Å². The van der Waals surface area contributed by atoms with Crippen LogP contribution in [0.3, 0.4) is 0 Å². The predicted molar refractivity (Wildman–Crippen MR) is 109 cm³/mol. The number of unbranched alkanes of at least 4 members (excludes halogenated alkanes) is 4. The first-order valence-electron chi connectivity index (χ1n) is 10.0. The molecule has 0 N–H and O–H groups in total. The highest BCUT2D eigenvalue weighted by atomic mass is 16.5. The molecule has 0 saturated heterocycles. The summed E-state index contributed by atoms with van der Waals surface area (Å²) in [5, 5.41) is 0. The number of ether oxygens (including phenoxy) is 2. The highest BCUT2D eigenvalue weighted by molar-refractivity contribution is 5.60. The molecule has 0 radical (unpaired) electrons. The molecule has 0 aliphatic rings. The lowest BCUT2D eigenvalue weighted by molar-refractivity contribution is 0.256. The van der Waals surface area contributed by atoms with E-state index in [9.17, 15) is 0 Å². The van der Waals surface area contributed by atoms with E-state index in [0.29, 0.717) is 5.92 Å². The van der Waals surface area contributed by atoms with Crippen molar-refractivity contribution < 1.29 is 9.47 Å². The molecule has 0 fully saturated rings. The number of benzene rings is 1. The van der Waals surface area contributed by atoms with E-state index in [1.165, 1.54) is 25.7 Å². The van der Waals surface area contributed by atoms with Gasteiger partial charge in [0.15, 0.2) is 0 Å². The van der Waals surface area contributed by atoms with Gasteiger partial charge in [-0.15, -0.1) is 0 Å². The molecule has 3 nitrogen and oxygen atoms in total. The Bertz CT molecular complexity index is 607. The van der Waals surface area contributed by atoms with E-state index in [4.69, 9.17) is 9.47 Å². The Morgan fingerprint density at radius 3 is 2.23 bits per heavy atom. The molecular formula is C23H33NO2. The second kappa shape index (κ2) is 11.6. The van der Waals surface area contributed by atoms with Crippen molar-refractivity contribution in [1.82, 2.24) is 4.98 Å². The van der Waals surface area contributed by atoms with Crippen LogP contribution >= 0.6 is 0 Å². The standard InChI is InChI=1S/C23H33NO2/c1-4-6-7-8-9-16-25-22-14-15-23(24-17-22)20-10-12-21(13-11-20)26-18-19(3)5-2/h10-15,17,19H,4-9,16,18H2,1-3H3. The van der Waals surface area contributed by atoms with Crippen molar-refractivity contribution in [3.63, 3.8) is 0 Å². The normalized spacial score (nSPS) is 12.0. The third kappa shape index (κ3) is 7.07. The smallest absolute Gasteiger partial charge is 0.137 e. The molecule has 0 amide bonds. The van der Waals surface area contributed by atoms with Gasteiger partial charge in [-0.2, -0.15) is 0 Å². The number of rotatable bonds is 12. The lowest BCUT2D eigenvalue weighted by atomic mass is 10.1. The zero-order valence-electron chi connectivity index (χ0n) is 16.5. The van der Waals surface area contributed by atoms with Gasteiger partial charge in [-0.25, -0.2) is 0 Å². The van der Waals surface area contributed by atoms with E-state index in [0.717, 1.165) is 48.8 Å². The first-order chi connectivity index (χ1) is 12.7. The van der Waals surface area contributed by atoms with Crippen molar-refractivity contribution in [2.75, 3.05) is 13.2 Å². The fraction of sp³-hybridized carbons (Fsp3) is 0.522. The molecule has 1 heterocycles. The van der Waals surface area contributed by atoms with E-state index in [1.807, 2.05) is 30.5 Å². The van der Waals surface area contributed by atoms with Crippen molar-refractivity contribution in [3.8, 4) is 22.8 Å². The number of aromatic nitrogens is 1. The first kappa shape index (κ1) is 20.3. The minimum absolute atomic E-state index is 0.579. The van der Waals surface area contributed by atoms with Crippen LogP contribution in [0.5, 0.6) is 11.5 Å². The zero-order valence-corrected chi connectivity index (χ0v) is 16.5. The zero-order chi connectivity index (χ0) is 18.6. The Kier molecular flexibility index (Phi) is 9.02. The van der Waals surface area contributed by atoms with Gasteiger partial charge in [0.2, 0.25) is 0 Å². The van der Waals surface area contributed by atoms with Gasteiger partial charge in [-0.3, -0.25) is 4.98 Å². The largest absolute Gasteiger partial charge is 0.493 e. The van der Waals surface area contributed by atoms with Crippen molar-refractivity contribution in [3.05, 3.63) is 42.6 Å². The highest BCUT2D eigenvalue weighted by Crippen LogP contribution is 2.23. The fourth-order valence-electron chi connectivity index (χ4n) is 2.61. The Hall–Kier alpha value is -2.03. The molecular weight excluding hydrogens is 322 g/mol. The fourth-order valence-corrected chi connectivity index (χ4v) is 2.61. The monoisotopic (exact) mass is 355 g/mol. The van der Waals surface area contributed by atoms with Crippen LogP contribution in [-0.2, 0) is 0 Å². The molecule has 1 unspecified atom stereocenters. The van der Waals surface area contributed by atoms with Crippen LogP contribution in [0.4, 0.5) is 0 Å². The maximum absolute atomic E-state index is 5.81. The molecule has 0 aliphatic heterocycles. The maximum atomic E-state index is 5.81. The van der Waals surface area contributed by atoms with Gasteiger partial charge < -0.3 is 9.47 Å². The second-order valence-electron chi connectivity index (χ2n) is 6.99. The van der Waals surface area contributed by atoms with E-state index in [2.05, 4.69) is 37.9 Å². The van der Waals surface area contributed by atoms with Crippen molar-refractivity contribution >= 4 is 0 Å².